The van der Waals surface area contributed by atoms with Gasteiger partial charge in [-0.15, -0.1) is 0 Å². The molecule has 0 aromatic carbocycles. The van der Waals surface area contributed by atoms with Crippen LogP contribution in [0.5, 0.6) is 0 Å². The molecule has 0 spiro atoms. The molecule has 2 atom stereocenters. The third-order valence-corrected chi connectivity index (χ3v) is 4.12. The van der Waals surface area contributed by atoms with Crippen LogP contribution in [0.1, 0.15) is 66.7 Å². The fourth-order valence-electron chi connectivity index (χ4n) is 2.07. The maximum absolute atomic E-state index is 12.3. The monoisotopic (exact) mass is 271 g/mol. The van der Waals surface area contributed by atoms with Gasteiger partial charge in [0.15, 0.2) is 0 Å². The van der Waals surface area contributed by atoms with E-state index in [1.165, 1.54) is 19.3 Å². The normalized spacial score (nSPS) is 15.4. The molecule has 0 aliphatic rings. The summed E-state index contributed by atoms with van der Waals surface area (Å²) >= 11 is 0. The average Bonchev–Trinajstić information content (AvgIpc) is 2.33. The molecule has 0 bridgehead atoms. The van der Waals surface area contributed by atoms with Crippen LogP contribution >= 0.6 is 0 Å². The second-order valence-corrected chi connectivity index (χ2v) is 6.43. The van der Waals surface area contributed by atoms with Crippen LogP contribution in [0.25, 0.3) is 0 Å². The van der Waals surface area contributed by atoms with Crippen molar-refractivity contribution in [3.63, 3.8) is 0 Å². The molecule has 0 saturated carbocycles. The molecule has 3 heteroatoms. The van der Waals surface area contributed by atoms with Gasteiger partial charge in [-0.1, -0.05) is 26.2 Å². The lowest BCUT2D eigenvalue weighted by Gasteiger charge is -2.34. The number of ether oxygens (including phenoxy) is 1. The standard InChI is InChI=1S/C16H33NO2/c1-8-9-10-11-12-13(2)19-15(18)16(4,5)14(3)17(6)7/h13-14H,8-12H2,1-7H3. The smallest absolute Gasteiger partial charge is 0.313 e. The number of nitrogens with zero attached hydrogens (tertiary/aromatic N) is 1. The largest absolute Gasteiger partial charge is 0.462 e. The molecule has 3 nitrogen and oxygen atoms in total. The zero-order valence-electron chi connectivity index (χ0n) is 14.0. The molecule has 0 heterocycles. The van der Waals surface area contributed by atoms with Crippen LogP contribution in [0, 0.1) is 5.41 Å². The Bertz CT molecular complexity index is 261. The summed E-state index contributed by atoms with van der Waals surface area (Å²) in [5, 5.41) is 0. The van der Waals surface area contributed by atoms with Crippen molar-refractivity contribution < 1.29 is 9.53 Å². The van der Waals surface area contributed by atoms with Gasteiger partial charge >= 0.3 is 5.97 Å². The predicted octanol–water partition coefficient (Wildman–Crippen LogP) is 3.86. The molecule has 0 aliphatic heterocycles. The fraction of sp³-hybridized carbons (Fsp3) is 0.938. The van der Waals surface area contributed by atoms with E-state index in [2.05, 4.69) is 18.7 Å². The Morgan fingerprint density at radius 2 is 1.74 bits per heavy atom. The summed E-state index contributed by atoms with van der Waals surface area (Å²) in [5.41, 5.74) is -0.471. The van der Waals surface area contributed by atoms with Gasteiger partial charge in [-0.05, 0) is 54.6 Å². The summed E-state index contributed by atoms with van der Waals surface area (Å²) in [4.78, 5) is 14.3. The number of carbonyl (C=O) groups excluding carboxylic acids is 1. The number of hydrogen-bond acceptors (Lipinski definition) is 3. The predicted molar refractivity (Wildman–Crippen MR) is 81.2 cm³/mol. The van der Waals surface area contributed by atoms with Gasteiger partial charge in [0.2, 0.25) is 0 Å². The first-order valence-electron chi connectivity index (χ1n) is 7.61. The fourth-order valence-corrected chi connectivity index (χ4v) is 2.07. The zero-order valence-corrected chi connectivity index (χ0v) is 14.0. The van der Waals surface area contributed by atoms with E-state index in [-0.39, 0.29) is 18.1 Å². The molecule has 19 heavy (non-hydrogen) atoms. The maximum atomic E-state index is 12.3. The van der Waals surface area contributed by atoms with Crippen LogP contribution in [0.2, 0.25) is 0 Å². The van der Waals surface area contributed by atoms with Gasteiger partial charge < -0.3 is 9.64 Å². The lowest BCUT2D eigenvalue weighted by Crippen LogP contribution is -2.45. The molecule has 0 aromatic rings. The van der Waals surface area contributed by atoms with E-state index in [1.807, 2.05) is 34.9 Å². The van der Waals surface area contributed by atoms with E-state index in [0.717, 1.165) is 12.8 Å². The lowest BCUT2D eigenvalue weighted by atomic mass is 9.85. The minimum Gasteiger partial charge on any atom is -0.462 e. The van der Waals surface area contributed by atoms with E-state index in [0.29, 0.717) is 0 Å². The molecular weight excluding hydrogens is 238 g/mol. The van der Waals surface area contributed by atoms with Gasteiger partial charge in [-0.3, -0.25) is 4.79 Å². The molecule has 114 valence electrons. The van der Waals surface area contributed by atoms with Crippen molar-refractivity contribution in [2.45, 2.75) is 78.9 Å². The Balaban J connectivity index is 4.20. The van der Waals surface area contributed by atoms with E-state index < -0.39 is 5.41 Å². The van der Waals surface area contributed by atoms with Crippen LogP contribution in [0.15, 0.2) is 0 Å². The van der Waals surface area contributed by atoms with E-state index >= 15 is 0 Å². The molecule has 0 aliphatic carbocycles. The van der Waals surface area contributed by atoms with Crippen LogP contribution in [0.3, 0.4) is 0 Å². The SMILES string of the molecule is CCCCCCC(C)OC(=O)C(C)(C)C(C)N(C)C. The van der Waals surface area contributed by atoms with Crippen molar-refractivity contribution in [3.05, 3.63) is 0 Å². The minimum atomic E-state index is -0.471. The van der Waals surface area contributed by atoms with Gasteiger partial charge in [0.05, 0.1) is 11.5 Å². The molecule has 0 saturated heterocycles. The van der Waals surface area contributed by atoms with Crippen molar-refractivity contribution in [1.82, 2.24) is 4.90 Å². The summed E-state index contributed by atoms with van der Waals surface area (Å²) in [6.45, 7) is 10.2. The number of esters is 1. The quantitative estimate of drug-likeness (QED) is 0.471. The van der Waals surface area contributed by atoms with Crippen LogP contribution < -0.4 is 0 Å². The number of hydrogen-bond donors (Lipinski definition) is 0. The van der Waals surface area contributed by atoms with Crippen LogP contribution in [-0.4, -0.2) is 37.1 Å². The third-order valence-electron chi connectivity index (χ3n) is 4.12. The van der Waals surface area contributed by atoms with Gasteiger partial charge in [-0.25, -0.2) is 0 Å². The molecular formula is C16H33NO2. The Morgan fingerprint density at radius 3 is 2.21 bits per heavy atom. The first-order chi connectivity index (χ1) is 8.73. The summed E-state index contributed by atoms with van der Waals surface area (Å²) in [6.07, 6.45) is 5.88. The van der Waals surface area contributed by atoms with Crippen molar-refractivity contribution in [1.29, 1.82) is 0 Å². The maximum Gasteiger partial charge on any atom is 0.313 e. The van der Waals surface area contributed by atoms with Gasteiger partial charge in [0, 0.05) is 6.04 Å². The highest BCUT2D eigenvalue weighted by atomic mass is 16.5. The molecule has 0 amide bonds. The first kappa shape index (κ1) is 18.4. The number of rotatable bonds is 9. The Hall–Kier alpha value is -0.570. The molecule has 0 aromatic heterocycles. The number of unbranched alkanes of at least 4 members (excludes halogenated alkanes) is 3. The van der Waals surface area contributed by atoms with Crippen LogP contribution in [-0.2, 0) is 9.53 Å². The zero-order chi connectivity index (χ0) is 15.1. The second kappa shape index (κ2) is 8.57. The summed E-state index contributed by atoms with van der Waals surface area (Å²) in [7, 11) is 3.99. The molecule has 0 fully saturated rings. The average molecular weight is 271 g/mol. The first-order valence-corrected chi connectivity index (χ1v) is 7.61. The van der Waals surface area contributed by atoms with Gasteiger partial charge in [0.25, 0.3) is 0 Å². The molecule has 2 unspecified atom stereocenters. The second-order valence-electron chi connectivity index (χ2n) is 6.43. The summed E-state index contributed by atoms with van der Waals surface area (Å²) in [5.74, 6) is -0.0864. The minimum absolute atomic E-state index is 0.0259. The number of carbonyl (C=O) groups is 1. The summed E-state index contributed by atoms with van der Waals surface area (Å²) < 4.78 is 5.60. The van der Waals surface area contributed by atoms with E-state index in [1.54, 1.807) is 0 Å². The lowest BCUT2D eigenvalue weighted by molar-refractivity contribution is -0.162. The van der Waals surface area contributed by atoms with Crippen LogP contribution in [0.4, 0.5) is 0 Å². The third kappa shape index (κ3) is 6.42. The molecule has 0 radical (unpaired) electrons. The van der Waals surface area contributed by atoms with Crippen molar-refractivity contribution in [2.75, 3.05) is 14.1 Å². The Kier molecular flexibility index (Phi) is 8.31. The highest BCUT2D eigenvalue weighted by Gasteiger charge is 2.37. The van der Waals surface area contributed by atoms with Gasteiger partial charge in [0.1, 0.15) is 0 Å². The van der Waals surface area contributed by atoms with Gasteiger partial charge in [-0.2, -0.15) is 0 Å². The summed E-state index contributed by atoms with van der Waals surface area (Å²) in [6, 6.07) is 0.160. The Morgan fingerprint density at radius 1 is 1.16 bits per heavy atom. The van der Waals surface area contributed by atoms with E-state index in [9.17, 15) is 4.79 Å². The topological polar surface area (TPSA) is 29.5 Å². The van der Waals surface area contributed by atoms with Crippen molar-refractivity contribution >= 4 is 5.97 Å². The highest BCUT2D eigenvalue weighted by molar-refractivity contribution is 5.77. The van der Waals surface area contributed by atoms with E-state index in [4.69, 9.17) is 4.74 Å². The van der Waals surface area contributed by atoms with Crippen molar-refractivity contribution in [2.24, 2.45) is 5.41 Å². The Labute approximate surface area is 119 Å². The molecule has 0 rings (SSSR count). The van der Waals surface area contributed by atoms with Crippen molar-refractivity contribution in [3.8, 4) is 0 Å². The highest BCUT2D eigenvalue weighted by Crippen LogP contribution is 2.26. The molecule has 0 N–H and O–H groups in total.